The van der Waals surface area contributed by atoms with E-state index >= 15 is 0 Å². The number of carbonyl (C=O) groups is 1. The predicted octanol–water partition coefficient (Wildman–Crippen LogP) is 2.81. The number of methoxy groups -OCH3 is 1. The van der Waals surface area contributed by atoms with Crippen LogP contribution >= 0.6 is 0 Å². The van der Waals surface area contributed by atoms with Crippen LogP contribution in [0.15, 0.2) is 65.7 Å². The van der Waals surface area contributed by atoms with E-state index in [1.807, 2.05) is 60.7 Å². The highest BCUT2D eigenvalue weighted by molar-refractivity contribution is 6.13. The fraction of sp³-hybridized carbons (Fsp3) is 0.176. The van der Waals surface area contributed by atoms with Gasteiger partial charge in [-0.3, -0.25) is 4.99 Å². The third kappa shape index (κ3) is 2.11. The van der Waals surface area contributed by atoms with Gasteiger partial charge in [-0.25, -0.2) is 4.79 Å². The second-order valence-corrected chi connectivity index (χ2v) is 4.74. The average molecular weight is 265 g/mol. The Bertz CT molecular complexity index is 635. The number of rotatable bonds is 3. The van der Waals surface area contributed by atoms with E-state index in [0.717, 1.165) is 16.8 Å². The molecule has 2 aromatic rings. The van der Waals surface area contributed by atoms with E-state index in [0.29, 0.717) is 0 Å². The largest absolute Gasteiger partial charge is 0.467 e. The van der Waals surface area contributed by atoms with Crippen LogP contribution in [-0.4, -0.2) is 24.8 Å². The second kappa shape index (κ2) is 5.29. The molecule has 0 spiro atoms. The van der Waals surface area contributed by atoms with Gasteiger partial charge >= 0.3 is 5.97 Å². The summed E-state index contributed by atoms with van der Waals surface area (Å²) in [6, 6.07) is 19.5. The normalized spacial score (nSPS) is 20.8. The Morgan fingerprint density at radius 1 is 1.00 bits per heavy atom. The Balaban J connectivity index is 1.99. The van der Waals surface area contributed by atoms with Crippen molar-refractivity contribution in [3.05, 3.63) is 71.8 Å². The lowest BCUT2D eigenvalue weighted by atomic mass is 9.79. The number of carbonyl (C=O) groups excluding carboxylic acids is 1. The zero-order valence-electron chi connectivity index (χ0n) is 11.2. The summed E-state index contributed by atoms with van der Waals surface area (Å²) in [5.41, 5.74) is 3.10. The zero-order valence-corrected chi connectivity index (χ0v) is 11.2. The van der Waals surface area contributed by atoms with Crippen LogP contribution in [0.3, 0.4) is 0 Å². The molecule has 1 aliphatic heterocycles. The Labute approximate surface area is 117 Å². The minimum atomic E-state index is -0.433. The molecule has 3 rings (SSSR count). The summed E-state index contributed by atoms with van der Waals surface area (Å²) in [6.45, 7) is 0. The van der Waals surface area contributed by atoms with E-state index in [4.69, 9.17) is 4.74 Å². The Morgan fingerprint density at radius 2 is 1.60 bits per heavy atom. The second-order valence-electron chi connectivity index (χ2n) is 4.74. The number of nitrogens with zero attached hydrogens (tertiary/aromatic N) is 1. The van der Waals surface area contributed by atoms with Crippen LogP contribution in [0.25, 0.3) is 0 Å². The van der Waals surface area contributed by atoms with E-state index in [1.165, 1.54) is 7.11 Å². The first-order chi connectivity index (χ1) is 9.81. The van der Waals surface area contributed by atoms with Gasteiger partial charge in [0, 0.05) is 0 Å². The van der Waals surface area contributed by atoms with Crippen molar-refractivity contribution >= 4 is 11.7 Å². The molecular formula is C17H15NO2. The van der Waals surface area contributed by atoms with E-state index in [9.17, 15) is 4.79 Å². The highest BCUT2D eigenvalue weighted by Gasteiger charge is 2.41. The number of ether oxygens (including phenoxy) is 1. The van der Waals surface area contributed by atoms with Crippen molar-refractivity contribution in [1.29, 1.82) is 0 Å². The summed E-state index contributed by atoms with van der Waals surface area (Å²) in [5.74, 6) is -0.301. The van der Waals surface area contributed by atoms with Gasteiger partial charge in [-0.1, -0.05) is 60.7 Å². The predicted molar refractivity (Wildman–Crippen MR) is 78.0 cm³/mol. The highest BCUT2D eigenvalue weighted by Crippen LogP contribution is 2.35. The van der Waals surface area contributed by atoms with E-state index in [1.54, 1.807) is 0 Å². The van der Waals surface area contributed by atoms with Crippen LogP contribution in [0.4, 0.5) is 0 Å². The maximum atomic E-state index is 11.8. The van der Waals surface area contributed by atoms with Gasteiger partial charge in [0.1, 0.15) is 0 Å². The SMILES string of the molecule is COC(=O)[C@H]1N=C(c2ccccc2)[C@H]1c1ccccc1. The molecule has 1 aliphatic rings. The van der Waals surface area contributed by atoms with Crippen molar-refractivity contribution in [3.8, 4) is 0 Å². The standard InChI is InChI=1S/C17H15NO2/c1-20-17(19)16-14(12-8-4-2-5-9-12)15(18-16)13-10-6-3-7-11-13/h2-11,14,16H,1H3/t14-,16+/m1/s1. The maximum Gasteiger partial charge on any atom is 0.331 e. The van der Waals surface area contributed by atoms with Crippen LogP contribution in [-0.2, 0) is 9.53 Å². The molecule has 0 bridgehead atoms. The third-order valence-corrected chi connectivity index (χ3v) is 3.56. The van der Waals surface area contributed by atoms with Gasteiger partial charge in [-0.2, -0.15) is 0 Å². The molecule has 0 aromatic heterocycles. The number of hydrogen-bond acceptors (Lipinski definition) is 3. The molecule has 3 heteroatoms. The van der Waals surface area contributed by atoms with E-state index in [2.05, 4.69) is 4.99 Å². The summed E-state index contributed by atoms with van der Waals surface area (Å²) in [7, 11) is 1.40. The number of hydrogen-bond donors (Lipinski definition) is 0. The van der Waals surface area contributed by atoms with Gasteiger partial charge < -0.3 is 4.74 Å². The van der Waals surface area contributed by atoms with Gasteiger partial charge in [0.2, 0.25) is 0 Å². The molecular weight excluding hydrogens is 250 g/mol. The van der Waals surface area contributed by atoms with Gasteiger partial charge in [-0.15, -0.1) is 0 Å². The lowest BCUT2D eigenvalue weighted by Crippen LogP contribution is -2.42. The quantitative estimate of drug-likeness (QED) is 0.800. The molecule has 100 valence electrons. The lowest BCUT2D eigenvalue weighted by molar-refractivity contribution is -0.142. The van der Waals surface area contributed by atoms with Crippen LogP contribution < -0.4 is 0 Å². The van der Waals surface area contributed by atoms with Crippen LogP contribution in [0.1, 0.15) is 17.0 Å². The first kappa shape index (κ1) is 12.6. The minimum absolute atomic E-state index is 0.0222. The van der Waals surface area contributed by atoms with E-state index in [-0.39, 0.29) is 11.9 Å². The summed E-state index contributed by atoms with van der Waals surface area (Å²) in [6.07, 6.45) is 0. The number of esters is 1. The Kier molecular flexibility index (Phi) is 3.33. The molecule has 2 aromatic carbocycles. The van der Waals surface area contributed by atoms with E-state index < -0.39 is 6.04 Å². The topological polar surface area (TPSA) is 38.7 Å². The maximum absolute atomic E-state index is 11.8. The van der Waals surface area contributed by atoms with Crippen molar-refractivity contribution in [2.45, 2.75) is 12.0 Å². The first-order valence-electron chi connectivity index (χ1n) is 6.57. The van der Waals surface area contributed by atoms with Crippen molar-refractivity contribution in [1.82, 2.24) is 0 Å². The highest BCUT2D eigenvalue weighted by atomic mass is 16.5. The molecule has 0 fully saturated rings. The average Bonchev–Trinajstić information content (AvgIpc) is 2.48. The summed E-state index contributed by atoms with van der Waals surface area (Å²) < 4.78 is 4.84. The van der Waals surface area contributed by atoms with Crippen molar-refractivity contribution in [2.24, 2.45) is 4.99 Å². The van der Waals surface area contributed by atoms with Gasteiger partial charge in [0.25, 0.3) is 0 Å². The molecule has 0 saturated heterocycles. The minimum Gasteiger partial charge on any atom is -0.467 e. The Hall–Kier alpha value is -2.42. The molecule has 0 N–H and O–H groups in total. The number of aliphatic imine (C=N–C) groups is 1. The lowest BCUT2D eigenvalue weighted by Gasteiger charge is -2.33. The molecule has 1 heterocycles. The van der Waals surface area contributed by atoms with Crippen LogP contribution in [0, 0.1) is 0 Å². The van der Waals surface area contributed by atoms with Gasteiger partial charge in [-0.05, 0) is 11.1 Å². The van der Waals surface area contributed by atoms with Crippen LogP contribution in [0.2, 0.25) is 0 Å². The fourth-order valence-corrected chi connectivity index (χ4v) is 2.55. The summed E-state index contributed by atoms with van der Waals surface area (Å²) in [4.78, 5) is 16.3. The van der Waals surface area contributed by atoms with Crippen molar-refractivity contribution in [2.75, 3.05) is 7.11 Å². The fourth-order valence-electron chi connectivity index (χ4n) is 2.55. The molecule has 3 nitrogen and oxygen atoms in total. The molecule has 0 unspecified atom stereocenters. The molecule has 2 atom stereocenters. The third-order valence-electron chi connectivity index (χ3n) is 3.56. The van der Waals surface area contributed by atoms with Crippen LogP contribution in [0.5, 0.6) is 0 Å². The smallest absolute Gasteiger partial charge is 0.331 e. The molecule has 0 saturated carbocycles. The van der Waals surface area contributed by atoms with Crippen molar-refractivity contribution < 1.29 is 9.53 Å². The molecule has 0 amide bonds. The molecule has 20 heavy (non-hydrogen) atoms. The summed E-state index contributed by atoms with van der Waals surface area (Å²) >= 11 is 0. The monoisotopic (exact) mass is 265 g/mol. The summed E-state index contributed by atoms with van der Waals surface area (Å²) in [5, 5.41) is 0. The van der Waals surface area contributed by atoms with Gasteiger partial charge in [0.05, 0.1) is 18.7 Å². The van der Waals surface area contributed by atoms with Crippen molar-refractivity contribution in [3.63, 3.8) is 0 Å². The first-order valence-corrected chi connectivity index (χ1v) is 6.57. The molecule has 0 aliphatic carbocycles. The zero-order chi connectivity index (χ0) is 13.9. The Morgan fingerprint density at radius 3 is 2.20 bits per heavy atom. The molecule has 0 radical (unpaired) electrons. The number of benzene rings is 2. The van der Waals surface area contributed by atoms with Gasteiger partial charge in [0.15, 0.2) is 6.04 Å².